The highest BCUT2D eigenvalue weighted by Crippen LogP contribution is 2.32. The Morgan fingerprint density at radius 1 is 1.10 bits per heavy atom. The molecule has 1 unspecified atom stereocenters. The van der Waals surface area contributed by atoms with Gasteiger partial charge in [-0.05, 0) is 36.2 Å². The van der Waals surface area contributed by atoms with Crippen molar-refractivity contribution in [2.45, 2.75) is 13.0 Å². The standard InChI is InChI=1S/C15H14BrF2NO/c1-8-3-5-10(14(18)13(8)17)15(19)11-7-9(20-2)4-6-12(11)16/h3-7,15H,19H2,1-2H3. The highest BCUT2D eigenvalue weighted by Gasteiger charge is 2.20. The first-order valence-electron chi connectivity index (χ1n) is 5.99. The SMILES string of the molecule is COc1ccc(Br)c(C(N)c2ccc(C)c(F)c2F)c1. The van der Waals surface area contributed by atoms with Crippen LogP contribution in [0.1, 0.15) is 22.7 Å². The minimum atomic E-state index is -0.910. The third-order valence-corrected chi connectivity index (χ3v) is 3.90. The molecular formula is C15H14BrF2NO. The fraction of sp³-hybridized carbons (Fsp3) is 0.200. The minimum Gasteiger partial charge on any atom is -0.497 e. The molecule has 2 nitrogen and oxygen atoms in total. The van der Waals surface area contributed by atoms with Gasteiger partial charge in [0.2, 0.25) is 0 Å². The molecule has 0 aromatic heterocycles. The highest BCUT2D eigenvalue weighted by molar-refractivity contribution is 9.10. The average Bonchev–Trinajstić information content (AvgIpc) is 2.45. The summed E-state index contributed by atoms with van der Waals surface area (Å²) in [4.78, 5) is 0. The van der Waals surface area contributed by atoms with Gasteiger partial charge in [0, 0.05) is 10.0 Å². The molecule has 2 aromatic carbocycles. The zero-order valence-corrected chi connectivity index (χ0v) is 12.7. The van der Waals surface area contributed by atoms with E-state index >= 15 is 0 Å². The van der Waals surface area contributed by atoms with Crippen LogP contribution in [0.25, 0.3) is 0 Å². The number of rotatable bonds is 3. The molecule has 2 rings (SSSR count). The molecule has 20 heavy (non-hydrogen) atoms. The van der Waals surface area contributed by atoms with Crippen molar-refractivity contribution < 1.29 is 13.5 Å². The van der Waals surface area contributed by atoms with E-state index in [9.17, 15) is 8.78 Å². The second-order valence-electron chi connectivity index (χ2n) is 4.46. The van der Waals surface area contributed by atoms with Crippen LogP contribution in [0.2, 0.25) is 0 Å². The molecule has 0 spiro atoms. The van der Waals surface area contributed by atoms with Gasteiger partial charge in [-0.1, -0.05) is 28.1 Å². The smallest absolute Gasteiger partial charge is 0.164 e. The van der Waals surface area contributed by atoms with E-state index < -0.39 is 17.7 Å². The number of aryl methyl sites for hydroxylation is 1. The van der Waals surface area contributed by atoms with E-state index in [1.807, 2.05) is 0 Å². The molecule has 0 fully saturated rings. The predicted molar refractivity (Wildman–Crippen MR) is 77.8 cm³/mol. The Morgan fingerprint density at radius 3 is 2.45 bits per heavy atom. The van der Waals surface area contributed by atoms with Gasteiger partial charge in [-0.3, -0.25) is 0 Å². The summed E-state index contributed by atoms with van der Waals surface area (Å²) in [6.07, 6.45) is 0. The lowest BCUT2D eigenvalue weighted by Crippen LogP contribution is -2.15. The first-order chi connectivity index (χ1) is 9.45. The van der Waals surface area contributed by atoms with Crippen molar-refractivity contribution in [2.24, 2.45) is 5.73 Å². The molecule has 0 aliphatic rings. The molecule has 0 radical (unpaired) electrons. The van der Waals surface area contributed by atoms with Gasteiger partial charge in [0.25, 0.3) is 0 Å². The first kappa shape index (κ1) is 14.9. The molecule has 0 aliphatic carbocycles. The number of nitrogens with two attached hydrogens (primary N) is 1. The highest BCUT2D eigenvalue weighted by atomic mass is 79.9. The molecule has 0 aliphatic heterocycles. The number of halogens is 3. The second-order valence-corrected chi connectivity index (χ2v) is 5.32. The first-order valence-corrected chi connectivity index (χ1v) is 6.78. The molecule has 0 heterocycles. The van der Waals surface area contributed by atoms with Crippen molar-refractivity contribution in [2.75, 3.05) is 7.11 Å². The summed E-state index contributed by atoms with van der Waals surface area (Å²) in [7, 11) is 1.53. The third-order valence-electron chi connectivity index (χ3n) is 3.18. The molecule has 1 atom stereocenters. The van der Waals surface area contributed by atoms with Crippen LogP contribution in [0, 0.1) is 18.6 Å². The molecule has 106 valence electrons. The lowest BCUT2D eigenvalue weighted by molar-refractivity contribution is 0.414. The van der Waals surface area contributed by atoms with Crippen molar-refractivity contribution >= 4 is 15.9 Å². The molecule has 0 saturated heterocycles. The number of benzene rings is 2. The summed E-state index contributed by atoms with van der Waals surface area (Å²) in [6.45, 7) is 1.51. The van der Waals surface area contributed by atoms with E-state index in [0.717, 1.165) is 0 Å². The minimum absolute atomic E-state index is 0.113. The second kappa shape index (κ2) is 5.89. The summed E-state index contributed by atoms with van der Waals surface area (Å²) in [5.41, 5.74) is 7.07. The molecule has 2 aromatic rings. The average molecular weight is 342 g/mol. The Bertz CT molecular complexity index is 646. The molecule has 5 heteroatoms. The van der Waals surface area contributed by atoms with Crippen LogP contribution in [-0.4, -0.2) is 7.11 Å². The quantitative estimate of drug-likeness (QED) is 0.912. The number of hydrogen-bond acceptors (Lipinski definition) is 2. The van der Waals surface area contributed by atoms with Gasteiger partial charge in [0.15, 0.2) is 11.6 Å². The third kappa shape index (κ3) is 2.69. The normalized spacial score (nSPS) is 12.3. The maximum Gasteiger partial charge on any atom is 0.164 e. The number of ether oxygens (including phenoxy) is 1. The molecule has 2 N–H and O–H groups in total. The van der Waals surface area contributed by atoms with Gasteiger partial charge >= 0.3 is 0 Å². The molecule has 0 amide bonds. The summed E-state index contributed by atoms with van der Waals surface area (Å²) in [5, 5.41) is 0. The van der Waals surface area contributed by atoms with Crippen molar-refractivity contribution in [3.05, 3.63) is 63.1 Å². The summed E-state index contributed by atoms with van der Waals surface area (Å²) in [5.74, 6) is -1.17. The monoisotopic (exact) mass is 341 g/mol. The Balaban J connectivity index is 2.51. The molecule has 0 saturated carbocycles. The van der Waals surface area contributed by atoms with Gasteiger partial charge in [0.1, 0.15) is 5.75 Å². The van der Waals surface area contributed by atoms with E-state index in [-0.39, 0.29) is 11.1 Å². The zero-order chi connectivity index (χ0) is 14.9. The Hall–Kier alpha value is -1.46. The van der Waals surface area contributed by atoms with Crippen molar-refractivity contribution in [3.63, 3.8) is 0 Å². The van der Waals surface area contributed by atoms with Crippen LogP contribution < -0.4 is 10.5 Å². The summed E-state index contributed by atoms with van der Waals surface area (Å²) in [6, 6.07) is 7.45. The van der Waals surface area contributed by atoms with Gasteiger partial charge in [-0.2, -0.15) is 0 Å². The maximum absolute atomic E-state index is 14.0. The maximum atomic E-state index is 14.0. The topological polar surface area (TPSA) is 35.2 Å². The lowest BCUT2D eigenvalue weighted by atomic mass is 9.97. The number of hydrogen-bond donors (Lipinski definition) is 1. The van der Waals surface area contributed by atoms with Gasteiger partial charge in [-0.15, -0.1) is 0 Å². The van der Waals surface area contributed by atoms with Crippen LogP contribution in [0.3, 0.4) is 0 Å². The van der Waals surface area contributed by atoms with Crippen LogP contribution in [-0.2, 0) is 0 Å². The van der Waals surface area contributed by atoms with Crippen LogP contribution in [0.4, 0.5) is 8.78 Å². The van der Waals surface area contributed by atoms with Gasteiger partial charge in [0.05, 0.1) is 13.2 Å². The van der Waals surface area contributed by atoms with Crippen LogP contribution in [0.15, 0.2) is 34.8 Å². The van der Waals surface area contributed by atoms with Crippen molar-refractivity contribution in [1.82, 2.24) is 0 Å². The van der Waals surface area contributed by atoms with Crippen LogP contribution in [0.5, 0.6) is 5.75 Å². The number of methoxy groups -OCH3 is 1. The largest absolute Gasteiger partial charge is 0.497 e. The van der Waals surface area contributed by atoms with Gasteiger partial charge in [-0.25, -0.2) is 8.78 Å². The summed E-state index contributed by atoms with van der Waals surface area (Å²) >= 11 is 3.36. The van der Waals surface area contributed by atoms with E-state index in [2.05, 4.69) is 15.9 Å². The molecule has 0 bridgehead atoms. The fourth-order valence-corrected chi connectivity index (χ4v) is 2.45. The predicted octanol–water partition coefficient (Wildman–Crippen LogP) is 4.09. The van der Waals surface area contributed by atoms with Crippen LogP contribution >= 0.6 is 15.9 Å². The van der Waals surface area contributed by atoms with E-state index in [0.29, 0.717) is 15.8 Å². The van der Waals surface area contributed by atoms with Crippen molar-refractivity contribution in [3.8, 4) is 5.75 Å². The van der Waals surface area contributed by atoms with E-state index in [1.165, 1.54) is 26.2 Å². The van der Waals surface area contributed by atoms with Gasteiger partial charge < -0.3 is 10.5 Å². The van der Waals surface area contributed by atoms with Crippen molar-refractivity contribution in [1.29, 1.82) is 0 Å². The molecular weight excluding hydrogens is 328 g/mol. The Morgan fingerprint density at radius 2 is 1.80 bits per heavy atom. The van der Waals surface area contributed by atoms with E-state index in [1.54, 1.807) is 18.2 Å². The van der Waals surface area contributed by atoms with E-state index in [4.69, 9.17) is 10.5 Å². The Labute approximate surface area is 124 Å². The Kier molecular flexibility index (Phi) is 4.40. The lowest BCUT2D eigenvalue weighted by Gasteiger charge is -2.17. The fourth-order valence-electron chi connectivity index (χ4n) is 1.96. The zero-order valence-electron chi connectivity index (χ0n) is 11.1. The summed E-state index contributed by atoms with van der Waals surface area (Å²) < 4.78 is 33.5.